The fourth-order valence-electron chi connectivity index (χ4n) is 3.74. The second-order valence-electron chi connectivity index (χ2n) is 9.67. The highest BCUT2D eigenvalue weighted by molar-refractivity contribution is 5.99. The van der Waals surface area contributed by atoms with Gasteiger partial charge in [-0.15, -0.1) is 12.3 Å². The van der Waals surface area contributed by atoms with Crippen molar-refractivity contribution in [2.45, 2.75) is 51.9 Å². The van der Waals surface area contributed by atoms with Gasteiger partial charge in [-0.3, -0.25) is 15.0 Å². The van der Waals surface area contributed by atoms with Crippen LogP contribution in [0.15, 0.2) is 54.9 Å². The zero-order chi connectivity index (χ0) is 25.5. The molecule has 2 amide bonds. The van der Waals surface area contributed by atoms with Crippen molar-refractivity contribution in [3.05, 3.63) is 60.6 Å². The second-order valence-corrected chi connectivity index (χ2v) is 9.67. The number of hydrogen-bond donors (Lipinski definition) is 3. The number of fused-ring (bicyclic) bond motifs is 1. The Morgan fingerprint density at radius 1 is 1.08 bits per heavy atom. The molecule has 8 heteroatoms. The molecular weight excluding hydrogens is 452 g/mol. The van der Waals surface area contributed by atoms with Crippen molar-refractivity contribution in [2.75, 3.05) is 17.2 Å². The molecule has 0 atom stereocenters. The minimum absolute atomic E-state index is 0.0999. The molecule has 36 heavy (non-hydrogen) atoms. The van der Waals surface area contributed by atoms with Crippen LogP contribution in [0.25, 0.3) is 16.7 Å². The Labute approximate surface area is 211 Å². The molecule has 0 saturated carbocycles. The third kappa shape index (κ3) is 6.25. The topological polar surface area (TPSA) is 96.9 Å². The summed E-state index contributed by atoms with van der Waals surface area (Å²) >= 11 is 0. The number of unbranched alkanes of at least 4 members (excludes halogenated alkanes) is 3. The van der Waals surface area contributed by atoms with Crippen molar-refractivity contribution < 1.29 is 9.53 Å². The van der Waals surface area contributed by atoms with Gasteiger partial charge in [-0.1, -0.05) is 20.8 Å². The normalized spacial score (nSPS) is 11.3. The average Bonchev–Trinajstić information content (AvgIpc) is 3.49. The molecule has 2 aromatic heterocycles. The van der Waals surface area contributed by atoms with Crippen molar-refractivity contribution in [1.82, 2.24) is 19.7 Å². The number of nitrogens with zero attached hydrogens (tertiary/aromatic N) is 3. The lowest BCUT2D eigenvalue weighted by atomic mass is 9.92. The largest absolute Gasteiger partial charge is 0.494 e. The molecule has 0 unspecified atom stereocenters. The first-order valence-corrected chi connectivity index (χ1v) is 12.1. The number of hydrogen-bond acceptors (Lipinski definition) is 4. The van der Waals surface area contributed by atoms with Crippen LogP contribution in [0.5, 0.6) is 5.75 Å². The fourth-order valence-corrected chi connectivity index (χ4v) is 3.74. The summed E-state index contributed by atoms with van der Waals surface area (Å²) in [5, 5.41) is 12.7. The van der Waals surface area contributed by atoms with Crippen LogP contribution in [-0.2, 0) is 5.41 Å². The minimum Gasteiger partial charge on any atom is -0.494 e. The van der Waals surface area contributed by atoms with Crippen molar-refractivity contribution in [3.63, 3.8) is 0 Å². The number of terminal acetylenes is 1. The van der Waals surface area contributed by atoms with Crippen molar-refractivity contribution in [2.24, 2.45) is 0 Å². The molecule has 2 aromatic carbocycles. The molecule has 186 valence electrons. The van der Waals surface area contributed by atoms with Gasteiger partial charge in [0.2, 0.25) is 0 Å². The van der Waals surface area contributed by atoms with E-state index in [2.05, 4.69) is 52.5 Å². The first kappa shape index (κ1) is 24.9. The van der Waals surface area contributed by atoms with E-state index in [-0.39, 0.29) is 11.4 Å². The molecule has 0 fully saturated rings. The summed E-state index contributed by atoms with van der Waals surface area (Å²) in [6.45, 7) is 6.86. The molecule has 4 rings (SSSR count). The predicted molar refractivity (Wildman–Crippen MR) is 144 cm³/mol. The van der Waals surface area contributed by atoms with Crippen LogP contribution in [0.3, 0.4) is 0 Å². The van der Waals surface area contributed by atoms with Gasteiger partial charge >= 0.3 is 6.03 Å². The minimum atomic E-state index is -0.344. The Bertz CT molecular complexity index is 1360. The van der Waals surface area contributed by atoms with Crippen LogP contribution < -0.4 is 15.4 Å². The highest BCUT2D eigenvalue weighted by Crippen LogP contribution is 2.25. The van der Waals surface area contributed by atoms with Gasteiger partial charge < -0.3 is 10.1 Å². The highest BCUT2D eigenvalue weighted by atomic mass is 16.5. The van der Waals surface area contributed by atoms with E-state index in [4.69, 9.17) is 11.2 Å². The number of anilines is 2. The summed E-state index contributed by atoms with van der Waals surface area (Å²) in [7, 11) is 0. The summed E-state index contributed by atoms with van der Waals surface area (Å²) in [6, 6.07) is 15.0. The summed E-state index contributed by atoms with van der Waals surface area (Å²) in [4.78, 5) is 16.9. The molecule has 0 aliphatic rings. The number of benzene rings is 2. The van der Waals surface area contributed by atoms with Gasteiger partial charge in [0, 0.05) is 35.3 Å². The number of urea groups is 1. The maximum absolute atomic E-state index is 12.4. The molecule has 8 nitrogen and oxygen atoms in total. The predicted octanol–water partition coefficient (Wildman–Crippen LogP) is 6.26. The van der Waals surface area contributed by atoms with Crippen LogP contribution in [0, 0.1) is 12.3 Å². The Morgan fingerprint density at radius 3 is 2.61 bits per heavy atom. The number of carbonyl (C=O) groups excluding carboxylic acids is 1. The second kappa shape index (κ2) is 11.0. The van der Waals surface area contributed by atoms with Gasteiger partial charge in [0.05, 0.1) is 23.3 Å². The van der Waals surface area contributed by atoms with E-state index >= 15 is 0 Å². The zero-order valence-electron chi connectivity index (χ0n) is 21.0. The summed E-state index contributed by atoms with van der Waals surface area (Å²) in [5.41, 5.74) is 4.23. The Morgan fingerprint density at radius 2 is 1.89 bits per heavy atom. The third-order valence-electron chi connectivity index (χ3n) is 5.75. The zero-order valence-corrected chi connectivity index (χ0v) is 21.0. The molecule has 0 aliphatic heterocycles. The number of amides is 2. The quantitative estimate of drug-likeness (QED) is 0.193. The Balaban J connectivity index is 1.35. The van der Waals surface area contributed by atoms with E-state index in [1.807, 2.05) is 53.1 Å². The Hall–Kier alpha value is -4.25. The third-order valence-corrected chi connectivity index (χ3v) is 5.75. The molecule has 4 aromatic rings. The maximum Gasteiger partial charge on any atom is 0.324 e. The van der Waals surface area contributed by atoms with E-state index < -0.39 is 0 Å². The summed E-state index contributed by atoms with van der Waals surface area (Å²) in [6.07, 6.45) is 11.0. The molecule has 0 bridgehead atoms. The van der Waals surface area contributed by atoms with E-state index in [1.165, 1.54) is 0 Å². The van der Waals surface area contributed by atoms with Gasteiger partial charge in [0.15, 0.2) is 0 Å². The standard InChI is InChI=1S/C28H32N6O2/c1-5-6-7-8-9-16-36-22-14-15-24-23(17-22)29-19-34(24)21-12-10-20(11-13-21)30-27(35)31-26-18-25(32-33-26)28(2,3)4/h1,10-15,17-19H,6-9,16H2,2-4H3,(H3,30,31,32,33,35). The number of aromatic amines is 1. The van der Waals surface area contributed by atoms with Crippen molar-refractivity contribution in [1.29, 1.82) is 0 Å². The first-order chi connectivity index (χ1) is 17.3. The Kier molecular flexibility index (Phi) is 7.59. The number of aromatic nitrogens is 4. The molecular formula is C28H32N6O2. The molecule has 0 radical (unpaired) electrons. The molecule has 0 saturated heterocycles. The fraction of sp³-hybridized carbons (Fsp3) is 0.321. The van der Waals surface area contributed by atoms with Crippen LogP contribution in [-0.4, -0.2) is 32.4 Å². The SMILES string of the molecule is C#CCCCCCOc1ccc2c(c1)ncn2-c1ccc(NC(=O)Nc2cc(C(C)(C)C)n[nH]2)cc1. The smallest absolute Gasteiger partial charge is 0.324 e. The van der Waals surface area contributed by atoms with Crippen LogP contribution in [0.4, 0.5) is 16.3 Å². The number of carbonyl (C=O) groups is 1. The molecule has 0 aliphatic carbocycles. The van der Waals surface area contributed by atoms with E-state index in [0.29, 0.717) is 18.1 Å². The number of nitrogens with one attached hydrogen (secondary N) is 3. The van der Waals surface area contributed by atoms with Crippen LogP contribution in [0.2, 0.25) is 0 Å². The van der Waals surface area contributed by atoms with Crippen LogP contribution >= 0.6 is 0 Å². The molecule has 2 heterocycles. The van der Waals surface area contributed by atoms with Gasteiger partial charge in [-0.2, -0.15) is 5.10 Å². The lowest BCUT2D eigenvalue weighted by Gasteiger charge is -2.13. The molecule has 0 spiro atoms. The number of H-pyrrole nitrogens is 1. The van der Waals surface area contributed by atoms with E-state index in [1.54, 1.807) is 6.33 Å². The van der Waals surface area contributed by atoms with Gasteiger partial charge in [0.1, 0.15) is 17.9 Å². The van der Waals surface area contributed by atoms with E-state index in [0.717, 1.165) is 53.8 Å². The lowest BCUT2D eigenvalue weighted by Crippen LogP contribution is -2.19. The average molecular weight is 485 g/mol. The van der Waals surface area contributed by atoms with Gasteiger partial charge in [-0.25, -0.2) is 9.78 Å². The first-order valence-electron chi connectivity index (χ1n) is 12.1. The van der Waals surface area contributed by atoms with Crippen LogP contribution in [0.1, 0.15) is 52.1 Å². The van der Waals surface area contributed by atoms with E-state index in [9.17, 15) is 4.79 Å². The van der Waals surface area contributed by atoms with Gasteiger partial charge in [-0.05, 0) is 55.7 Å². The summed E-state index contributed by atoms with van der Waals surface area (Å²) < 4.78 is 7.87. The van der Waals surface area contributed by atoms with Crippen molar-refractivity contribution >= 4 is 28.6 Å². The number of rotatable bonds is 9. The maximum atomic E-state index is 12.4. The monoisotopic (exact) mass is 484 g/mol. The highest BCUT2D eigenvalue weighted by Gasteiger charge is 2.18. The summed E-state index contributed by atoms with van der Waals surface area (Å²) in [5.74, 6) is 4.02. The van der Waals surface area contributed by atoms with Gasteiger partial charge in [0.25, 0.3) is 0 Å². The number of imidazole rings is 1. The lowest BCUT2D eigenvalue weighted by molar-refractivity contribution is 0.262. The van der Waals surface area contributed by atoms with Crippen molar-refractivity contribution in [3.8, 4) is 23.8 Å². The number of ether oxygens (including phenoxy) is 1. The molecule has 3 N–H and O–H groups in total.